The molecule has 0 bridgehead atoms. The lowest BCUT2D eigenvalue weighted by molar-refractivity contribution is -0.106. The maximum Gasteiger partial charge on any atom is 0.116 e. The molecule has 3 nitrogen and oxygen atoms in total. The summed E-state index contributed by atoms with van der Waals surface area (Å²) in [7, 11) is 0. The minimum Gasteiger partial charge on any atom is -0.498 e. The molecule has 0 N–H and O–H groups in total. The number of rotatable bonds is 3. The van der Waals surface area contributed by atoms with E-state index in [0.29, 0.717) is 19.8 Å². The third-order valence-electron chi connectivity index (χ3n) is 2.66. The molecular formula is C11H18O3. The van der Waals surface area contributed by atoms with Gasteiger partial charge in [-0.2, -0.15) is 0 Å². The summed E-state index contributed by atoms with van der Waals surface area (Å²) in [6, 6.07) is 0. The number of allylic oxidation sites excluding steroid dienone is 1. The van der Waals surface area contributed by atoms with Crippen LogP contribution < -0.4 is 0 Å². The van der Waals surface area contributed by atoms with Gasteiger partial charge in [0.1, 0.15) is 12.7 Å². The first-order chi connectivity index (χ1) is 6.95. The molecule has 1 aliphatic heterocycles. The van der Waals surface area contributed by atoms with Gasteiger partial charge in [-0.25, -0.2) is 0 Å². The summed E-state index contributed by atoms with van der Waals surface area (Å²) in [6.45, 7) is 2.72. The third-order valence-corrected chi connectivity index (χ3v) is 2.66. The van der Waals surface area contributed by atoms with E-state index in [1.54, 1.807) is 0 Å². The van der Waals surface area contributed by atoms with Gasteiger partial charge in [0.05, 0.1) is 26.1 Å². The van der Waals surface area contributed by atoms with Crippen LogP contribution in [0.25, 0.3) is 0 Å². The molecule has 1 saturated heterocycles. The van der Waals surface area contributed by atoms with Gasteiger partial charge >= 0.3 is 0 Å². The summed E-state index contributed by atoms with van der Waals surface area (Å²) in [6.07, 6.45) is 7.10. The average molecular weight is 198 g/mol. The first kappa shape index (κ1) is 9.99. The molecule has 2 fully saturated rings. The Hall–Kier alpha value is -0.540. The molecule has 14 heavy (non-hydrogen) atoms. The summed E-state index contributed by atoms with van der Waals surface area (Å²) >= 11 is 0. The van der Waals surface area contributed by atoms with Crippen molar-refractivity contribution in [3.63, 3.8) is 0 Å². The van der Waals surface area contributed by atoms with Gasteiger partial charge in [0.15, 0.2) is 0 Å². The van der Waals surface area contributed by atoms with Crippen molar-refractivity contribution < 1.29 is 14.2 Å². The largest absolute Gasteiger partial charge is 0.498 e. The second-order valence-electron chi connectivity index (χ2n) is 3.88. The topological polar surface area (TPSA) is 27.7 Å². The summed E-state index contributed by atoms with van der Waals surface area (Å²) in [5.74, 6) is 0. The van der Waals surface area contributed by atoms with Crippen LogP contribution in [0.3, 0.4) is 0 Å². The Kier molecular flexibility index (Phi) is 3.83. The standard InChI is InChI=1S/C11H18O3/c1-2-4-10(3-1)7-13-9-11-8-12-5-6-14-11/h7,11H,1-6,8-9H2. The molecule has 0 aromatic heterocycles. The zero-order chi connectivity index (χ0) is 9.64. The average Bonchev–Trinajstić information content (AvgIpc) is 2.72. The van der Waals surface area contributed by atoms with Crippen molar-refractivity contribution in [2.75, 3.05) is 26.4 Å². The molecule has 1 saturated carbocycles. The molecule has 0 radical (unpaired) electrons. The van der Waals surface area contributed by atoms with Crippen LogP contribution in [-0.4, -0.2) is 32.5 Å². The molecule has 0 spiro atoms. The highest BCUT2D eigenvalue weighted by Gasteiger charge is 2.14. The Balaban J connectivity index is 1.63. The van der Waals surface area contributed by atoms with Crippen LogP contribution in [0.4, 0.5) is 0 Å². The normalized spacial score (nSPS) is 27.7. The fourth-order valence-electron chi connectivity index (χ4n) is 1.85. The zero-order valence-corrected chi connectivity index (χ0v) is 8.54. The van der Waals surface area contributed by atoms with E-state index in [4.69, 9.17) is 14.2 Å². The number of ether oxygens (including phenoxy) is 3. The van der Waals surface area contributed by atoms with Gasteiger partial charge in [-0.05, 0) is 31.3 Å². The van der Waals surface area contributed by atoms with Crippen molar-refractivity contribution in [3.05, 3.63) is 11.8 Å². The zero-order valence-electron chi connectivity index (χ0n) is 8.54. The maximum absolute atomic E-state index is 5.49. The van der Waals surface area contributed by atoms with Crippen LogP contribution in [-0.2, 0) is 14.2 Å². The minimum atomic E-state index is 0.127. The van der Waals surface area contributed by atoms with E-state index in [0.717, 1.165) is 6.61 Å². The van der Waals surface area contributed by atoms with Crippen LogP contribution in [0.15, 0.2) is 11.8 Å². The highest BCUT2D eigenvalue weighted by atomic mass is 16.6. The van der Waals surface area contributed by atoms with Gasteiger partial charge in [-0.1, -0.05) is 0 Å². The summed E-state index contributed by atoms with van der Waals surface area (Å²) in [5, 5.41) is 0. The van der Waals surface area contributed by atoms with Crippen molar-refractivity contribution >= 4 is 0 Å². The van der Waals surface area contributed by atoms with Crippen molar-refractivity contribution in [1.82, 2.24) is 0 Å². The molecule has 1 heterocycles. The van der Waals surface area contributed by atoms with Gasteiger partial charge in [0.25, 0.3) is 0 Å². The minimum absolute atomic E-state index is 0.127. The van der Waals surface area contributed by atoms with Crippen molar-refractivity contribution in [3.8, 4) is 0 Å². The van der Waals surface area contributed by atoms with E-state index in [9.17, 15) is 0 Å². The lowest BCUT2D eigenvalue weighted by Gasteiger charge is -2.22. The lowest BCUT2D eigenvalue weighted by Crippen LogP contribution is -2.31. The molecule has 1 atom stereocenters. The van der Waals surface area contributed by atoms with E-state index < -0.39 is 0 Å². The first-order valence-electron chi connectivity index (χ1n) is 5.44. The van der Waals surface area contributed by atoms with Gasteiger partial charge in [-0.15, -0.1) is 0 Å². The van der Waals surface area contributed by atoms with Gasteiger partial charge in [0.2, 0.25) is 0 Å². The highest BCUT2D eigenvalue weighted by Crippen LogP contribution is 2.23. The Morgan fingerprint density at radius 2 is 2.14 bits per heavy atom. The first-order valence-corrected chi connectivity index (χ1v) is 5.44. The van der Waals surface area contributed by atoms with Crippen LogP contribution in [0.2, 0.25) is 0 Å². The second-order valence-corrected chi connectivity index (χ2v) is 3.88. The number of hydrogen-bond acceptors (Lipinski definition) is 3. The van der Waals surface area contributed by atoms with Gasteiger partial charge in [0, 0.05) is 0 Å². The number of hydrogen-bond donors (Lipinski definition) is 0. The van der Waals surface area contributed by atoms with Crippen LogP contribution in [0, 0.1) is 0 Å². The molecule has 1 aliphatic carbocycles. The predicted molar refractivity (Wildman–Crippen MR) is 53.1 cm³/mol. The molecule has 2 rings (SSSR count). The van der Waals surface area contributed by atoms with E-state index in [-0.39, 0.29) is 6.10 Å². The molecular weight excluding hydrogens is 180 g/mol. The van der Waals surface area contributed by atoms with E-state index >= 15 is 0 Å². The summed E-state index contributed by atoms with van der Waals surface area (Å²) in [5.41, 5.74) is 1.45. The van der Waals surface area contributed by atoms with Crippen molar-refractivity contribution in [2.45, 2.75) is 31.8 Å². The van der Waals surface area contributed by atoms with E-state index in [2.05, 4.69) is 0 Å². The van der Waals surface area contributed by atoms with Gasteiger partial charge < -0.3 is 14.2 Å². The van der Waals surface area contributed by atoms with Crippen LogP contribution in [0.1, 0.15) is 25.7 Å². The monoisotopic (exact) mass is 198 g/mol. The second kappa shape index (κ2) is 5.37. The molecule has 0 aromatic rings. The highest BCUT2D eigenvalue weighted by molar-refractivity contribution is 5.02. The van der Waals surface area contributed by atoms with Gasteiger partial charge in [-0.3, -0.25) is 0 Å². The smallest absolute Gasteiger partial charge is 0.116 e. The Morgan fingerprint density at radius 1 is 1.29 bits per heavy atom. The van der Waals surface area contributed by atoms with E-state index in [1.165, 1.54) is 31.3 Å². The van der Waals surface area contributed by atoms with Crippen LogP contribution >= 0.6 is 0 Å². The Bertz CT molecular complexity index is 187. The maximum atomic E-state index is 5.49. The molecule has 0 aromatic carbocycles. The van der Waals surface area contributed by atoms with Crippen molar-refractivity contribution in [2.24, 2.45) is 0 Å². The van der Waals surface area contributed by atoms with Crippen LogP contribution in [0.5, 0.6) is 0 Å². The third kappa shape index (κ3) is 3.00. The predicted octanol–water partition coefficient (Wildman–Crippen LogP) is 1.88. The summed E-state index contributed by atoms with van der Waals surface area (Å²) in [4.78, 5) is 0. The fraction of sp³-hybridized carbons (Fsp3) is 0.818. The lowest BCUT2D eigenvalue weighted by atomic mass is 10.3. The molecule has 1 unspecified atom stereocenters. The molecule has 80 valence electrons. The fourth-order valence-corrected chi connectivity index (χ4v) is 1.85. The molecule has 3 heteroatoms. The summed E-state index contributed by atoms with van der Waals surface area (Å²) < 4.78 is 16.2. The van der Waals surface area contributed by atoms with E-state index in [1.807, 2.05) is 6.26 Å². The molecule has 2 aliphatic rings. The Morgan fingerprint density at radius 3 is 2.86 bits per heavy atom. The Labute approximate surface area is 85.0 Å². The SMILES string of the molecule is C(OCC1COCCO1)=C1CCCC1. The van der Waals surface area contributed by atoms with Crippen molar-refractivity contribution in [1.29, 1.82) is 0 Å². The molecule has 0 amide bonds. The quantitative estimate of drug-likeness (QED) is 0.648.